The molecule has 0 aromatic heterocycles. The van der Waals surface area contributed by atoms with Crippen molar-refractivity contribution in [3.05, 3.63) is 70.0 Å². The second-order valence-electron chi connectivity index (χ2n) is 8.58. The molecule has 0 bridgehead atoms. The summed E-state index contributed by atoms with van der Waals surface area (Å²) in [6, 6.07) is 9.01. The van der Waals surface area contributed by atoms with Crippen LogP contribution in [0.15, 0.2) is 36.4 Å². The lowest BCUT2D eigenvalue weighted by molar-refractivity contribution is -0.123. The first-order valence-electron chi connectivity index (χ1n) is 9.81. The molecule has 7 nitrogen and oxygen atoms in total. The van der Waals surface area contributed by atoms with Crippen LogP contribution in [0.4, 0.5) is 4.39 Å². The molecule has 0 saturated carbocycles. The highest BCUT2D eigenvalue weighted by Crippen LogP contribution is 2.17. The van der Waals surface area contributed by atoms with Gasteiger partial charge < -0.3 is 10.2 Å². The zero-order valence-corrected chi connectivity index (χ0v) is 18.4. The van der Waals surface area contributed by atoms with Crippen molar-refractivity contribution < 1.29 is 24.0 Å². The minimum absolute atomic E-state index is 0.0681. The first kappa shape index (κ1) is 24.0. The van der Waals surface area contributed by atoms with Crippen molar-refractivity contribution in [3.8, 4) is 0 Å². The lowest BCUT2D eigenvalue weighted by atomic mass is 10.1. The molecule has 0 aliphatic rings. The van der Waals surface area contributed by atoms with Gasteiger partial charge in [0.15, 0.2) is 0 Å². The van der Waals surface area contributed by atoms with Gasteiger partial charge in [0.1, 0.15) is 12.4 Å². The quantitative estimate of drug-likeness (QED) is 0.485. The van der Waals surface area contributed by atoms with E-state index in [1.807, 2.05) is 40.7 Å². The van der Waals surface area contributed by atoms with Crippen LogP contribution in [0.5, 0.6) is 0 Å². The van der Waals surface area contributed by atoms with Crippen molar-refractivity contribution in [2.75, 3.05) is 6.54 Å². The highest BCUT2D eigenvalue weighted by atomic mass is 19.1. The van der Waals surface area contributed by atoms with E-state index in [1.165, 1.54) is 22.5 Å². The van der Waals surface area contributed by atoms with Gasteiger partial charge >= 0.3 is 0 Å². The monoisotopic (exact) mass is 429 g/mol. The number of hydroxylamine groups is 1. The molecule has 0 unspecified atom stereocenters. The van der Waals surface area contributed by atoms with Gasteiger partial charge in [0.05, 0.1) is 0 Å². The Hall–Kier alpha value is -3.26. The van der Waals surface area contributed by atoms with Gasteiger partial charge in [-0.05, 0) is 58.9 Å². The summed E-state index contributed by atoms with van der Waals surface area (Å²) in [5, 5.41) is 11.5. The van der Waals surface area contributed by atoms with Crippen LogP contribution in [-0.2, 0) is 11.3 Å². The normalized spacial score (nSPS) is 11.1. The summed E-state index contributed by atoms with van der Waals surface area (Å²) in [4.78, 5) is 38.5. The van der Waals surface area contributed by atoms with Gasteiger partial charge in [0, 0.05) is 28.8 Å². The highest BCUT2D eigenvalue weighted by Gasteiger charge is 2.23. The van der Waals surface area contributed by atoms with Gasteiger partial charge in [-0.15, -0.1) is 0 Å². The van der Waals surface area contributed by atoms with Crippen molar-refractivity contribution in [2.24, 2.45) is 0 Å². The molecule has 2 aromatic carbocycles. The molecule has 0 atom stereocenters. The van der Waals surface area contributed by atoms with Crippen LogP contribution < -0.4 is 10.8 Å². The van der Waals surface area contributed by atoms with E-state index in [9.17, 15) is 18.8 Å². The van der Waals surface area contributed by atoms with Crippen LogP contribution in [0.3, 0.4) is 0 Å². The SMILES string of the molecule is Cc1cc(C)cc(C(=O)N(CC(=O)NC(C)(C)C)Cc2ccc(C(=O)NO)cc2F)c1. The van der Waals surface area contributed by atoms with Gasteiger partial charge in [-0.25, -0.2) is 9.87 Å². The Morgan fingerprint density at radius 3 is 2.13 bits per heavy atom. The maximum Gasteiger partial charge on any atom is 0.274 e. The van der Waals surface area contributed by atoms with Crippen molar-refractivity contribution in [1.82, 2.24) is 15.7 Å². The van der Waals surface area contributed by atoms with Crippen LogP contribution in [-0.4, -0.2) is 39.9 Å². The van der Waals surface area contributed by atoms with Crippen LogP contribution >= 0.6 is 0 Å². The predicted molar refractivity (Wildman–Crippen MR) is 114 cm³/mol. The van der Waals surface area contributed by atoms with E-state index in [4.69, 9.17) is 5.21 Å². The molecule has 0 spiro atoms. The third-order valence-electron chi connectivity index (χ3n) is 4.38. The van der Waals surface area contributed by atoms with Crippen molar-refractivity contribution in [1.29, 1.82) is 0 Å². The summed E-state index contributed by atoms with van der Waals surface area (Å²) in [6.45, 7) is 8.77. The average Bonchev–Trinajstić information content (AvgIpc) is 2.65. The summed E-state index contributed by atoms with van der Waals surface area (Å²) >= 11 is 0. The van der Waals surface area contributed by atoms with Crippen LogP contribution in [0.25, 0.3) is 0 Å². The minimum Gasteiger partial charge on any atom is -0.350 e. The highest BCUT2D eigenvalue weighted by molar-refractivity contribution is 5.97. The number of carbonyl (C=O) groups excluding carboxylic acids is 3. The molecule has 166 valence electrons. The molecule has 0 heterocycles. The first-order chi connectivity index (χ1) is 14.4. The van der Waals surface area contributed by atoms with Gasteiger partial charge in [0.25, 0.3) is 11.8 Å². The molecule has 0 saturated heterocycles. The van der Waals surface area contributed by atoms with Crippen molar-refractivity contribution in [3.63, 3.8) is 0 Å². The Bertz CT molecular complexity index is 979. The molecule has 0 aliphatic carbocycles. The summed E-state index contributed by atoms with van der Waals surface area (Å²) in [5.41, 5.74) is 3.21. The smallest absolute Gasteiger partial charge is 0.274 e. The number of hydrogen-bond acceptors (Lipinski definition) is 4. The third-order valence-corrected chi connectivity index (χ3v) is 4.38. The molecule has 8 heteroatoms. The fourth-order valence-electron chi connectivity index (χ4n) is 3.20. The number of benzene rings is 2. The molecule has 0 radical (unpaired) electrons. The number of halogens is 1. The second-order valence-corrected chi connectivity index (χ2v) is 8.58. The van der Waals surface area contributed by atoms with Gasteiger partial charge in [-0.2, -0.15) is 0 Å². The fourth-order valence-corrected chi connectivity index (χ4v) is 3.20. The van der Waals surface area contributed by atoms with Crippen LogP contribution in [0.1, 0.15) is 58.2 Å². The summed E-state index contributed by atoms with van der Waals surface area (Å²) < 4.78 is 14.6. The Balaban J connectivity index is 2.36. The van der Waals surface area contributed by atoms with E-state index >= 15 is 0 Å². The zero-order chi connectivity index (χ0) is 23.3. The molecule has 3 amide bonds. The summed E-state index contributed by atoms with van der Waals surface area (Å²) in [7, 11) is 0. The molecule has 2 aromatic rings. The number of amides is 3. The number of rotatable bonds is 6. The first-order valence-corrected chi connectivity index (χ1v) is 9.81. The molecule has 0 fully saturated rings. The van der Waals surface area contributed by atoms with E-state index < -0.39 is 23.2 Å². The molecular weight excluding hydrogens is 401 g/mol. The summed E-state index contributed by atoms with van der Waals surface area (Å²) in [5.74, 6) is -2.36. The van der Waals surface area contributed by atoms with Gasteiger partial charge in [-0.3, -0.25) is 19.6 Å². The second kappa shape index (κ2) is 9.70. The zero-order valence-electron chi connectivity index (χ0n) is 18.4. The Labute approximate surface area is 181 Å². The van der Waals surface area contributed by atoms with Crippen molar-refractivity contribution >= 4 is 17.7 Å². The maximum atomic E-state index is 14.6. The fraction of sp³-hybridized carbons (Fsp3) is 0.348. The summed E-state index contributed by atoms with van der Waals surface area (Å²) in [6.07, 6.45) is 0. The molecular formula is C23H28FN3O4. The lowest BCUT2D eigenvalue weighted by Gasteiger charge is -2.26. The third kappa shape index (κ3) is 6.89. The van der Waals surface area contributed by atoms with E-state index in [0.717, 1.165) is 17.2 Å². The molecule has 3 N–H and O–H groups in total. The molecule has 0 aliphatic heterocycles. The Morgan fingerprint density at radius 1 is 1.00 bits per heavy atom. The number of carbonyl (C=O) groups is 3. The van der Waals surface area contributed by atoms with Gasteiger partial charge in [0.2, 0.25) is 5.91 Å². The lowest BCUT2D eigenvalue weighted by Crippen LogP contribution is -2.47. The van der Waals surface area contributed by atoms with E-state index in [2.05, 4.69) is 5.32 Å². The predicted octanol–water partition coefficient (Wildman–Crippen LogP) is 3.12. The number of nitrogens with zero attached hydrogens (tertiary/aromatic N) is 1. The van der Waals surface area contributed by atoms with Crippen LogP contribution in [0, 0.1) is 19.7 Å². The van der Waals surface area contributed by atoms with Gasteiger partial charge in [-0.1, -0.05) is 23.3 Å². The molecule has 31 heavy (non-hydrogen) atoms. The molecule has 2 rings (SSSR count). The standard InChI is InChI=1S/C23H28FN3O4/c1-14-8-15(2)10-18(9-14)22(30)27(13-20(28)25-23(3,4)5)12-17-7-6-16(11-19(17)24)21(29)26-31/h6-11,31H,12-13H2,1-5H3,(H,25,28)(H,26,29). The maximum absolute atomic E-state index is 14.6. The number of nitrogens with one attached hydrogen (secondary N) is 2. The van der Waals surface area contributed by atoms with E-state index in [-0.39, 0.29) is 30.1 Å². The Kier molecular flexibility index (Phi) is 7.51. The van der Waals surface area contributed by atoms with E-state index in [1.54, 1.807) is 12.1 Å². The average molecular weight is 429 g/mol. The largest absolute Gasteiger partial charge is 0.350 e. The topological polar surface area (TPSA) is 98.7 Å². The number of hydrogen-bond donors (Lipinski definition) is 3. The van der Waals surface area contributed by atoms with E-state index in [0.29, 0.717) is 5.56 Å². The number of aryl methyl sites for hydroxylation is 2. The minimum atomic E-state index is -0.849. The van der Waals surface area contributed by atoms with Crippen molar-refractivity contribution in [2.45, 2.75) is 46.7 Å². The Morgan fingerprint density at radius 2 is 1.61 bits per heavy atom. The van der Waals surface area contributed by atoms with Crippen LogP contribution in [0.2, 0.25) is 0 Å².